The number of anilines is 1. The quantitative estimate of drug-likeness (QED) is 0.913. The van der Waals surface area contributed by atoms with Crippen LogP contribution in [-0.4, -0.2) is 42.4 Å². The van der Waals surface area contributed by atoms with E-state index in [2.05, 4.69) is 23.5 Å². The van der Waals surface area contributed by atoms with E-state index in [1.54, 1.807) is 4.90 Å². The number of hydrogen-bond donors (Lipinski definition) is 1. The van der Waals surface area contributed by atoms with Crippen LogP contribution in [0.1, 0.15) is 31.9 Å². The molecule has 0 aliphatic carbocycles. The van der Waals surface area contributed by atoms with E-state index in [1.165, 1.54) is 11.1 Å². The van der Waals surface area contributed by atoms with Crippen molar-refractivity contribution in [2.45, 2.75) is 45.4 Å². The summed E-state index contributed by atoms with van der Waals surface area (Å²) in [7, 11) is 0. The number of benzene rings is 1. The summed E-state index contributed by atoms with van der Waals surface area (Å²) in [6.45, 7) is 8.49. The van der Waals surface area contributed by atoms with Crippen LogP contribution in [-0.2, 0) is 22.4 Å². The fourth-order valence-corrected chi connectivity index (χ4v) is 2.74. The van der Waals surface area contributed by atoms with Crippen molar-refractivity contribution in [3.8, 4) is 0 Å². The summed E-state index contributed by atoms with van der Waals surface area (Å²) < 4.78 is 10.7. The number of ether oxygens (including phenoxy) is 2. The van der Waals surface area contributed by atoms with Crippen molar-refractivity contribution >= 4 is 11.8 Å². The highest BCUT2D eigenvalue weighted by Gasteiger charge is 2.28. The fraction of sp³-hybridized carbons (Fsp3) is 0.588. The predicted octanol–water partition coefficient (Wildman–Crippen LogP) is 2.79. The standard InChI is InChI=1S/C17H24N2O3/c1-17(2,3)22-16(20)19-8-7-12-5-4-6-15(14(12)9-19)18-13-10-21-11-13/h4-6,13,18H,7-11H2,1-3H3. The smallest absolute Gasteiger partial charge is 0.410 e. The number of amides is 1. The van der Waals surface area contributed by atoms with Crippen molar-refractivity contribution in [2.75, 3.05) is 25.1 Å². The molecule has 2 heterocycles. The Kier molecular flexibility index (Phi) is 4.00. The van der Waals surface area contributed by atoms with Crippen LogP contribution < -0.4 is 5.32 Å². The largest absolute Gasteiger partial charge is 0.444 e. The lowest BCUT2D eigenvalue weighted by Crippen LogP contribution is -2.42. The molecule has 2 aliphatic heterocycles. The van der Waals surface area contributed by atoms with Crippen LogP contribution in [0.3, 0.4) is 0 Å². The SMILES string of the molecule is CC(C)(C)OC(=O)N1CCc2cccc(NC3COC3)c2C1. The Morgan fingerprint density at radius 2 is 2.14 bits per heavy atom. The van der Waals surface area contributed by atoms with Gasteiger partial charge in [-0.25, -0.2) is 4.79 Å². The second kappa shape index (κ2) is 5.80. The van der Waals surface area contributed by atoms with E-state index in [4.69, 9.17) is 9.47 Å². The summed E-state index contributed by atoms with van der Waals surface area (Å²) >= 11 is 0. The molecule has 1 fully saturated rings. The molecule has 1 N–H and O–H groups in total. The highest BCUT2D eigenvalue weighted by Crippen LogP contribution is 2.28. The van der Waals surface area contributed by atoms with Gasteiger partial charge < -0.3 is 19.7 Å². The summed E-state index contributed by atoms with van der Waals surface area (Å²) in [5, 5.41) is 3.51. The molecule has 1 aromatic carbocycles. The highest BCUT2D eigenvalue weighted by molar-refractivity contribution is 5.70. The van der Waals surface area contributed by atoms with E-state index in [0.717, 1.165) is 25.3 Å². The Labute approximate surface area is 131 Å². The first kappa shape index (κ1) is 15.2. The topological polar surface area (TPSA) is 50.8 Å². The van der Waals surface area contributed by atoms with Crippen molar-refractivity contribution in [3.05, 3.63) is 29.3 Å². The maximum absolute atomic E-state index is 12.3. The molecular weight excluding hydrogens is 280 g/mol. The van der Waals surface area contributed by atoms with Gasteiger partial charge >= 0.3 is 6.09 Å². The zero-order valence-corrected chi connectivity index (χ0v) is 13.5. The minimum Gasteiger partial charge on any atom is -0.444 e. The van der Waals surface area contributed by atoms with Gasteiger partial charge in [0.2, 0.25) is 0 Å². The Hall–Kier alpha value is -1.75. The highest BCUT2D eigenvalue weighted by atomic mass is 16.6. The monoisotopic (exact) mass is 304 g/mol. The third-order valence-corrected chi connectivity index (χ3v) is 3.92. The second-order valence-corrected chi connectivity index (χ2v) is 6.97. The molecule has 0 unspecified atom stereocenters. The summed E-state index contributed by atoms with van der Waals surface area (Å²) in [5.41, 5.74) is 3.16. The van der Waals surface area contributed by atoms with Crippen molar-refractivity contribution in [1.82, 2.24) is 4.90 Å². The van der Waals surface area contributed by atoms with E-state index in [1.807, 2.05) is 20.8 Å². The minimum absolute atomic E-state index is 0.236. The Balaban J connectivity index is 1.74. The van der Waals surface area contributed by atoms with Crippen LogP contribution >= 0.6 is 0 Å². The summed E-state index contributed by atoms with van der Waals surface area (Å²) in [5.74, 6) is 0. The normalized spacial score (nSPS) is 18.4. The molecule has 3 rings (SSSR count). The lowest BCUT2D eigenvalue weighted by Gasteiger charge is -2.34. The van der Waals surface area contributed by atoms with Gasteiger partial charge in [-0.15, -0.1) is 0 Å². The van der Waals surface area contributed by atoms with Gasteiger partial charge in [0, 0.05) is 12.2 Å². The maximum Gasteiger partial charge on any atom is 0.410 e. The molecule has 0 radical (unpaired) electrons. The lowest BCUT2D eigenvalue weighted by atomic mass is 9.97. The zero-order valence-electron chi connectivity index (χ0n) is 13.5. The van der Waals surface area contributed by atoms with E-state index in [9.17, 15) is 4.79 Å². The second-order valence-electron chi connectivity index (χ2n) is 6.97. The summed E-state index contributed by atoms with van der Waals surface area (Å²) in [6.07, 6.45) is 0.630. The lowest BCUT2D eigenvalue weighted by molar-refractivity contribution is 0.0201. The third-order valence-electron chi connectivity index (χ3n) is 3.92. The first-order chi connectivity index (χ1) is 10.4. The van der Waals surface area contributed by atoms with Gasteiger partial charge in [-0.05, 0) is 44.4 Å². The molecule has 0 aromatic heterocycles. The van der Waals surface area contributed by atoms with E-state index in [0.29, 0.717) is 19.1 Å². The molecular formula is C17H24N2O3. The molecule has 1 amide bonds. The molecule has 0 atom stereocenters. The van der Waals surface area contributed by atoms with Crippen molar-refractivity contribution < 1.29 is 14.3 Å². The van der Waals surface area contributed by atoms with Gasteiger partial charge in [0.1, 0.15) is 5.60 Å². The molecule has 22 heavy (non-hydrogen) atoms. The van der Waals surface area contributed by atoms with Crippen LogP contribution in [0.2, 0.25) is 0 Å². The van der Waals surface area contributed by atoms with E-state index in [-0.39, 0.29) is 6.09 Å². The number of rotatable bonds is 2. The van der Waals surface area contributed by atoms with Crippen molar-refractivity contribution in [1.29, 1.82) is 0 Å². The molecule has 2 aliphatic rings. The van der Waals surface area contributed by atoms with Crippen LogP contribution in [0.25, 0.3) is 0 Å². The number of fused-ring (bicyclic) bond motifs is 1. The molecule has 5 nitrogen and oxygen atoms in total. The molecule has 1 aromatic rings. The van der Waals surface area contributed by atoms with Crippen LogP contribution in [0.4, 0.5) is 10.5 Å². The van der Waals surface area contributed by atoms with Gasteiger partial charge in [0.05, 0.1) is 25.8 Å². The Morgan fingerprint density at radius 1 is 1.36 bits per heavy atom. The predicted molar refractivity (Wildman–Crippen MR) is 85.0 cm³/mol. The molecule has 0 saturated carbocycles. The molecule has 1 saturated heterocycles. The summed E-state index contributed by atoms with van der Waals surface area (Å²) in [4.78, 5) is 14.1. The average molecular weight is 304 g/mol. The van der Waals surface area contributed by atoms with Gasteiger partial charge in [-0.2, -0.15) is 0 Å². The van der Waals surface area contributed by atoms with E-state index < -0.39 is 5.60 Å². The average Bonchev–Trinajstić information content (AvgIpc) is 2.40. The van der Waals surface area contributed by atoms with Crippen molar-refractivity contribution in [2.24, 2.45) is 0 Å². The van der Waals surface area contributed by atoms with Gasteiger partial charge in [0.15, 0.2) is 0 Å². The minimum atomic E-state index is -0.460. The number of nitrogens with zero attached hydrogens (tertiary/aromatic N) is 1. The molecule has 5 heteroatoms. The zero-order chi connectivity index (χ0) is 15.7. The summed E-state index contributed by atoms with van der Waals surface area (Å²) in [6, 6.07) is 6.67. The van der Waals surface area contributed by atoms with Crippen LogP contribution in [0.15, 0.2) is 18.2 Å². The third kappa shape index (κ3) is 3.35. The molecule has 120 valence electrons. The van der Waals surface area contributed by atoms with Gasteiger partial charge in [-0.3, -0.25) is 0 Å². The van der Waals surface area contributed by atoms with Crippen LogP contribution in [0, 0.1) is 0 Å². The van der Waals surface area contributed by atoms with Gasteiger partial charge in [-0.1, -0.05) is 12.1 Å². The van der Waals surface area contributed by atoms with E-state index >= 15 is 0 Å². The first-order valence-corrected chi connectivity index (χ1v) is 7.85. The molecule has 0 spiro atoms. The number of nitrogens with one attached hydrogen (secondary N) is 1. The first-order valence-electron chi connectivity index (χ1n) is 7.85. The number of carbonyl (C=O) groups is 1. The maximum atomic E-state index is 12.3. The van der Waals surface area contributed by atoms with Crippen molar-refractivity contribution in [3.63, 3.8) is 0 Å². The Morgan fingerprint density at radius 3 is 2.77 bits per heavy atom. The van der Waals surface area contributed by atoms with Crippen LogP contribution in [0.5, 0.6) is 0 Å². The van der Waals surface area contributed by atoms with Gasteiger partial charge in [0.25, 0.3) is 0 Å². The Bertz CT molecular complexity index is 562. The fourth-order valence-electron chi connectivity index (χ4n) is 2.74. The number of hydrogen-bond acceptors (Lipinski definition) is 4. The molecule has 0 bridgehead atoms. The number of carbonyl (C=O) groups excluding carboxylic acids is 1.